The number of benzene rings is 1. The fourth-order valence-corrected chi connectivity index (χ4v) is 6.00. The predicted molar refractivity (Wildman–Crippen MR) is 102 cm³/mol. The Bertz CT molecular complexity index is 848. The maximum atomic E-state index is 13.2. The lowest BCUT2D eigenvalue weighted by Gasteiger charge is -2.31. The Morgan fingerprint density at radius 2 is 2.04 bits per heavy atom. The highest BCUT2D eigenvalue weighted by molar-refractivity contribution is 7.89. The number of nitrogens with zero attached hydrogens (tertiary/aromatic N) is 2. The lowest BCUT2D eigenvalue weighted by atomic mass is 9.98. The second-order valence-corrected chi connectivity index (χ2v) is 10.2. The van der Waals surface area contributed by atoms with Crippen LogP contribution in [0.2, 0.25) is 0 Å². The van der Waals surface area contributed by atoms with E-state index in [-0.39, 0.29) is 17.4 Å². The Morgan fingerprint density at radius 3 is 2.74 bits per heavy atom. The van der Waals surface area contributed by atoms with Gasteiger partial charge in [0.05, 0.1) is 11.5 Å². The maximum absolute atomic E-state index is 13.2. The van der Waals surface area contributed by atoms with Crippen molar-refractivity contribution in [2.24, 2.45) is 5.41 Å². The summed E-state index contributed by atoms with van der Waals surface area (Å²) >= 11 is 0. The first kappa shape index (κ1) is 18.9. The third-order valence-corrected chi connectivity index (χ3v) is 8.23. The van der Waals surface area contributed by atoms with E-state index in [1.54, 1.807) is 23.5 Å². The molecule has 1 atom stereocenters. The monoisotopic (exact) mass is 392 g/mol. The highest BCUT2D eigenvalue weighted by Gasteiger charge is 2.47. The van der Waals surface area contributed by atoms with Gasteiger partial charge in [-0.3, -0.25) is 4.79 Å². The molecule has 1 aliphatic carbocycles. The van der Waals surface area contributed by atoms with Crippen LogP contribution in [0.25, 0.3) is 0 Å². The van der Waals surface area contributed by atoms with Crippen molar-refractivity contribution < 1.29 is 17.9 Å². The average Bonchev–Trinajstić information content (AvgIpc) is 3.23. The van der Waals surface area contributed by atoms with Crippen molar-refractivity contribution in [2.45, 2.75) is 56.5 Å². The van der Waals surface area contributed by atoms with E-state index >= 15 is 0 Å². The normalized spacial score (nSPS) is 24.7. The average molecular weight is 393 g/mol. The van der Waals surface area contributed by atoms with Crippen LogP contribution in [0.4, 0.5) is 0 Å². The van der Waals surface area contributed by atoms with Gasteiger partial charge in [0.25, 0.3) is 0 Å². The molecule has 27 heavy (non-hydrogen) atoms. The molecule has 4 rings (SSSR count). The van der Waals surface area contributed by atoms with E-state index in [2.05, 4.69) is 0 Å². The van der Waals surface area contributed by atoms with Gasteiger partial charge in [0.15, 0.2) is 0 Å². The summed E-state index contributed by atoms with van der Waals surface area (Å²) in [5.41, 5.74) is 1.92. The van der Waals surface area contributed by atoms with Crippen molar-refractivity contribution in [3.05, 3.63) is 29.3 Å². The Balaban J connectivity index is 1.58. The summed E-state index contributed by atoms with van der Waals surface area (Å²) in [6, 6.07) is 5.32. The lowest BCUT2D eigenvalue weighted by Crippen LogP contribution is -2.40. The summed E-state index contributed by atoms with van der Waals surface area (Å²) in [5.74, 6) is 0.209. The van der Waals surface area contributed by atoms with Gasteiger partial charge in [-0.15, -0.1) is 0 Å². The molecule has 148 valence electrons. The van der Waals surface area contributed by atoms with Gasteiger partial charge in [-0.25, -0.2) is 8.42 Å². The van der Waals surface area contributed by atoms with Crippen LogP contribution in [0.3, 0.4) is 0 Å². The molecule has 2 heterocycles. The summed E-state index contributed by atoms with van der Waals surface area (Å²) in [4.78, 5) is 14.9. The number of fused-ring (bicyclic) bond motifs is 1. The highest BCUT2D eigenvalue weighted by Crippen LogP contribution is 2.47. The van der Waals surface area contributed by atoms with Crippen LogP contribution in [0, 0.1) is 5.41 Å². The van der Waals surface area contributed by atoms with Crippen molar-refractivity contribution in [2.75, 3.05) is 26.8 Å². The van der Waals surface area contributed by atoms with Crippen LogP contribution >= 0.6 is 0 Å². The van der Waals surface area contributed by atoms with Gasteiger partial charge in [-0.1, -0.05) is 13.0 Å². The number of hydrogen-bond donors (Lipinski definition) is 0. The second-order valence-electron chi connectivity index (χ2n) is 8.34. The summed E-state index contributed by atoms with van der Waals surface area (Å²) < 4.78 is 33.1. The third kappa shape index (κ3) is 3.41. The summed E-state index contributed by atoms with van der Waals surface area (Å²) in [7, 11) is -1.94. The van der Waals surface area contributed by atoms with Crippen molar-refractivity contribution in [3.63, 3.8) is 0 Å². The quantitative estimate of drug-likeness (QED) is 0.770. The topological polar surface area (TPSA) is 66.9 Å². The smallest absolute Gasteiger partial charge is 0.243 e. The van der Waals surface area contributed by atoms with Crippen LogP contribution < -0.4 is 0 Å². The van der Waals surface area contributed by atoms with Gasteiger partial charge < -0.3 is 9.64 Å². The van der Waals surface area contributed by atoms with E-state index < -0.39 is 10.0 Å². The number of amides is 1. The molecule has 2 fully saturated rings. The minimum absolute atomic E-state index is 0.0936. The first-order chi connectivity index (χ1) is 12.8. The fraction of sp³-hybridized carbons (Fsp3) is 0.650. The van der Waals surface area contributed by atoms with Crippen LogP contribution in [-0.2, 0) is 32.5 Å². The molecule has 0 radical (unpaired) electrons. The molecule has 3 aliphatic rings. The molecule has 0 N–H and O–H groups in total. The molecule has 1 aromatic carbocycles. The number of sulfonamides is 1. The van der Waals surface area contributed by atoms with E-state index in [9.17, 15) is 13.2 Å². The van der Waals surface area contributed by atoms with E-state index in [0.29, 0.717) is 24.6 Å². The SMILES string of the molecule is COC[C@H]1CCCN1S(=O)(=O)c1ccc2c(c1)CN(C(=O)C1(C)CC1)CC2. The Labute approximate surface area is 161 Å². The summed E-state index contributed by atoms with van der Waals surface area (Å²) in [6.07, 6.45) is 4.39. The molecule has 2 aliphatic heterocycles. The van der Waals surface area contributed by atoms with E-state index in [1.165, 1.54) is 0 Å². The number of rotatable bonds is 5. The number of carbonyl (C=O) groups excluding carboxylic acids is 1. The molecule has 0 aromatic heterocycles. The van der Waals surface area contributed by atoms with Gasteiger partial charge in [-0.2, -0.15) is 4.31 Å². The molecule has 1 saturated carbocycles. The van der Waals surface area contributed by atoms with Crippen LogP contribution in [0.5, 0.6) is 0 Å². The minimum Gasteiger partial charge on any atom is -0.383 e. The van der Waals surface area contributed by atoms with E-state index in [4.69, 9.17) is 4.74 Å². The molecule has 0 spiro atoms. The minimum atomic E-state index is -3.55. The molecule has 6 nitrogen and oxygen atoms in total. The highest BCUT2D eigenvalue weighted by atomic mass is 32.2. The first-order valence-electron chi connectivity index (χ1n) is 9.77. The van der Waals surface area contributed by atoms with Gasteiger partial charge >= 0.3 is 0 Å². The standard InChI is InChI=1S/C20H28N2O4S/c1-20(8-9-20)19(23)21-11-7-15-5-6-18(12-16(15)13-21)27(24,25)22-10-3-4-17(22)14-26-2/h5-6,12,17H,3-4,7-11,13-14H2,1-2H3/t17-/m1/s1. The molecule has 0 bridgehead atoms. The molecule has 1 amide bonds. The van der Waals surface area contributed by atoms with Crippen LogP contribution in [0.1, 0.15) is 43.7 Å². The summed E-state index contributed by atoms with van der Waals surface area (Å²) in [6.45, 7) is 4.21. The van der Waals surface area contributed by atoms with E-state index in [0.717, 1.165) is 49.8 Å². The van der Waals surface area contributed by atoms with Crippen molar-refractivity contribution in [1.82, 2.24) is 9.21 Å². The zero-order valence-corrected chi connectivity index (χ0v) is 16.9. The molecule has 1 aromatic rings. The van der Waals surface area contributed by atoms with Crippen LogP contribution in [-0.4, -0.2) is 56.4 Å². The Morgan fingerprint density at radius 1 is 1.26 bits per heavy atom. The van der Waals surface area contributed by atoms with Gasteiger partial charge in [-0.05, 0) is 55.4 Å². The third-order valence-electron chi connectivity index (χ3n) is 6.28. The second kappa shape index (κ2) is 6.87. The zero-order chi connectivity index (χ0) is 19.2. The largest absolute Gasteiger partial charge is 0.383 e. The number of ether oxygens (including phenoxy) is 1. The van der Waals surface area contributed by atoms with E-state index in [1.807, 2.05) is 17.9 Å². The molecular weight excluding hydrogens is 364 g/mol. The molecule has 7 heteroatoms. The van der Waals surface area contributed by atoms with Crippen molar-refractivity contribution in [3.8, 4) is 0 Å². The predicted octanol–water partition coefficient (Wildman–Crippen LogP) is 2.17. The Kier molecular flexibility index (Phi) is 4.81. The number of hydrogen-bond acceptors (Lipinski definition) is 4. The van der Waals surface area contributed by atoms with Crippen molar-refractivity contribution >= 4 is 15.9 Å². The van der Waals surface area contributed by atoms with Gasteiger partial charge in [0, 0.05) is 38.2 Å². The first-order valence-corrected chi connectivity index (χ1v) is 11.2. The number of carbonyl (C=O) groups is 1. The zero-order valence-electron chi connectivity index (χ0n) is 16.1. The van der Waals surface area contributed by atoms with Crippen LogP contribution in [0.15, 0.2) is 23.1 Å². The maximum Gasteiger partial charge on any atom is 0.243 e. The molecule has 0 unspecified atom stereocenters. The number of methoxy groups -OCH3 is 1. The molecule has 1 saturated heterocycles. The van der Waals surface area contributed by atoms with Gasteiger partial charge in [0.2, 0.25) is 15.9 Å². The fourth-order valence-electron chi connectivity index (χ4n) is 4.27. The van der Waals surface area contributed by atoms with Crippen molar-refractivity contribution in [1.29, 1.82) is 0 Å². The lowest BCUT2D eigenvalue weighted by molar-refractivity contribution is -0.137. The summed E-state index contributed by atoms with van der Waals surface area (Å²) in [5, 5.41) is 0. The van der Waals surface area contributed by atoms with Gasteiger partial charge in [0.1, 0.15) is 0 Å². The molecular formula is C20H28N2O4S. The Hall–Kier alpha value is -1.44.